The van der Waals surface area contributed by atoms with E-state index in [0.717, 1.165) is 29.1 Å². The molecule has 2 heterocycles. The average Bonchev–Trinajstić information content (AvgIpc) is 3.04. The van der Waals surface area contributed by atoms with Gasteiger partial charge in [0, 0.05) is 4.88 Å². The van der Waals surface area contributed by atoms with Crippen molar-refractivity contribution in [2.75, 3.05) is 5.75 Å². The standard InChI is InChI=1S/C14H18N4OS2/c1-3-11-12(4-2)17-18-14(16-11)21-9-13(19)15-8-10-6-5-7-20-10/h5-7H,3-4,8-9H2,1-2H3,(H,15,19). The van der Waals surface area contributed by atoms with E-state index in [9.17, 15) is 4.79 Å². The second-order valence-corrected chi connectivity index (χ2v) is 6.31. The van der Waals surface area contributed by atoms with E-state index >= 15 is 0 Å². The van der Waals surface area contributed by atoms with Gasteiger partial charge in [-0.25, -0.2) is 4.98 Å². The number of thioether (sulfide) groups is 1. The van der Waals surface area contributed by atoms with Crippen molar-refractivity contribution in [2.45, 2.75) is 38.4 Å². The average molecular weight is 322 g/mol. The highest BCUT2D eigenvalue weighted by molar-refractivity contribution is 7.99. The molecule has 0 saturated heterocycles. The van der Waals surface area contributed by atoms with Gasteiger partial charge in [-0.05, 0) is 24.3 Å². The van der Waals surface area contributed by atoms with Crippen LogP contribution in [0.15, 0.2) is 22.7 Å². The van der Waals surface area contributed by atoms with Crippen molar-refractivity contribution in [3.8, 4) is 0 Å². The van der Waals surface area contributed by atoms with Crippen LogP contribution in [-0.2, 0) is 24.2 Å². The second-order valence-electron chi connectivity index (χ2n) is 4.34. The van der Waals surface area contributed by atoms with E-state index in [1.807, 2.05) is 31.4 Å². The molecule has 0 bridgehead atoms. The molecular weight excluding hydrogens is 304 g/mol. The summed E-state index contributed by atoms with van der Waals surface area (Å²) >= 11 is 2.95. The molecule has 1 amide bonds. The SMILES string of the molecule is CCc1nnc(SCC(=O)NCc2cccs2)nc1CC. The van der Waals surface area contributed by atoms with Crippen LogP contribution in [0.1, 0.15) is 30.1 Å². The number of carbonyl (C=O) groups excluding carboxylic acids is 1. The summed E-state index contributed by atoms with van der Waals surface area (Å²) in [6, 6.07) is 3.98. The lowest BCUT2D eigenvalue weighted by Gasteiger charge is -2.05. The van der Waals surface area contributed by atoms with E-state index in [2.05, 4.69) is 20.5 Å². The van der Waals surface area contributed by atoms with Crippen molar-refractivity contribution in [3.05, 3.63) is 33.8 Å². The number of rotatable bonds is 7. The van der Waals surface area contributed by atoms with Crippen molar-refractivity contribution in [1.82, 2.24) is 20.5 Å². The highest BCUT2D eigenvalue weighted by Gasteiger charge is 2.09. The molecule has 7 heteroatoms. The Hall–Kier alpha value is -1.47. The normalized spacial score (nSPS) is 10.6. The summed E-state index contributed by atoms with van der Waals surface area (Å²) < 4.78 is 0. The van der Waals surface area contributed by atoms with E-state index in [0.29, 0.717) is 17.5 Å². The minimum Gasteiger partial charge on any atom is -0.350 e. The number of aryl methyl sites for hydroxylation is 2. The van der Waals surface area contributed by atoms with Crippen LogP contribution in [0.4, 0.5) is 0 Å². The summed E-state index contributed by atoms with van der Waals surface area (Å²) in [7, 11) is 0. The fourth-order valence-electron chi connectivity index (χ4n) is 1.76. The van der Waals surface area contributed by atoms with Crippen LogP contribution in [0.3, 0.4) is 0 Å². The van der Waals surface area contributed by atoms with Gasteiger partial charge < -0.3 is 5.32 Å². The molecule has 1 N–H and O–H groups in total. The molecule has 0 aliphatic carbocycles. The third-order valence-electron chi connectivity index (χ3n) is 2.86. The molecule has 0 aromatic carbocycles. The summed E-state index contributed by atoms with van der Waals surface area (Å²) in [5, 5.41) is 13.7. The molecule has 0 unspecified atom stereocenters. The zero-order valence-corrected chi connectivity index (χ0v) is 13.8. The summed E-state index contributed by atoms with van der Waals surface area (Å²) in [5.41, 5.74) is 1.90. The summed E-state index contributed by atoms with van der Waals surface area (Å²) in [5.74, 6) is 0.288. The number of aromatic nitrogens is 3. The number of nitrogens with one attached hydrogen (secondary N) is 1. The predicted octanol–water partition coefficient (Wildman–Crippen LogP) is 2.47. The van der Waals surface area contributed by atoms with E-state index < -0.39 is 0 Å². The number of nitrogens with zero attached hydrogens (tertiary/aromatic N) is 3. The van der Waals surface area contributed by atoms with Crippen LogP contribution in [0.25, 0.3) is 0 Å². The zero-order valence-electron chi connectivity index (χ0n) is 12.1. The van der Waals surface area contributed by atoms with Crippen LogP contribution in [0, 0.1) is 0 Å². The Labute approximate surface area is 132 Å². The van der Waals surface area contributed by atoms with Crippen molar-refractivity contribution in [2.24, 2.45) is 0 Å². The van der Waals surface area contributed by atoms with Gasteiger partial charge in [0.05, 0.1) is 23.7 Å². The lowest BCUT2D eigenvalue weighted by Crippen LogP contribution is -2.24. The molecule has 0 fully saturated rings. The van der Waals surface area contributed by atoms with Gasteiger partial charge in [0.15, 0.2) is 0 Å². The maximum atomic E-state index is 11.8. The molecule has 0 spiro atoms. The first-order chi connectivity index (χ1) is 10.2. The van der Waals surface area contributed by atoms with Gasteiger partial charge in [0.25, 0.3) is 0 Å². The van der Waals surface area contributed by atoms with Gasteiger partial charge in [-0.1, -0.05) is 31.7 Å². The number of hydrogen-bond donors (Lipinski definition) is 1. The topological polar surface area (TPSA) is 67.8 Å². The van der Waals surface area contributed by atoms with E-state index in [-0.39, 0.29) is 5.91 Å². The first kappa shape index (κ1) is 15.9. The number of amides is 1. The second kappa shape index (κ2) is 8.09. The zero-order chi connectivity index (χ0) is 15.1. The van der Waals surface area contributed by atoms with Gasteiger partial charge in [0.1, 0.15) is 0 Å². The minimum atomic E-state index is -0.0189. The number of thiophene rings is 1. The van der Waals surface area contributed by atoms with Gasteiger partial charge in [0.2, 0.25) is 11.1 Å². The van der Waals surface area contributed by atoms with Crippen molar-refractivity contribution >= 4 is 29.0 Å². The Morgan fingerprint density at radius 2 is 2.10 bits per heavy atom. The smallest absolute Gasteiger partial charge is 0.230 e. The van der Waals surface area contributed by atoms with Crippen LogP contribution >= 0.6 is 23.1 Å². The van der Waals surface area contributed by atoms with Crippen LogP contribution in [0.5, 0.6) is 0 Å². The molecule has 0 aliphatic heterocycles. The lowest BCUT2D eigenvalue weighted by atomic mass is 10.2. The van der Waals surface area contributed by atoms with Crippen LogP contribution in [0.2, 0.25) is 0 Å². The first-order valence-corrected chi connectivity index (χ1v) is 8.73. The molecule has 5 nitrogen and oxygen atoms in total. The quantitative estimate of drug-likeness (QED) is 0.793. The molecule has 0 saturated carbocycles. The van der Waals surface area contributed by atoms with Crippen LogP contribution < -0.4 is 5.32 Å². The molecule has 0 radical (unpaired) electrons. The Bertz CT molecular complexity index is 587. The Balaban J connectivity index is 1.83. The van der Waals surface area contributed by atoms with Crippen molar-refractivity contribution < 1.29 is 4.79 Å². The fraction of sp³-hybridized carbons (Fsp3) is 0.429. The Morgan fingerprint density at radius 1 is 1.29 bits per heavy atom. The molecule has 2 aromatic heterocycles. The largest absolute Gasteiger partial charge is 0.350 e. The molecule has 2 aromatic rings. The monoisotopic (exact) mass is 322 g/mol. The first-order valence-electron chi connectivity index (χ1n) is 6.87. The van der Waals surface area contributed by atoms with E-state index in [1.54, 1.807) is 11.3 Å². The third kappa shape index (κ3) is 4.78. The minimum absolute atomic E-state index is 0.0189. The van der Waals surface area contributed by atoms with Gasteiger partial charge in [-0.15, -0.1) is 16.4 Å². The number of hydrogen-bond acceptors (Lipinski definition) is 6. The number of carbonyl (C=O) groups is 1. The lowest BCUT2D eigenvalue weighted by molar-refractivity contribution is -0.118. The molecule has 21 heavy (non-hydrogen) atoms. The molecule has 0 aliphatic rings. The summed E-state index contributed by atoms with van der Waals surface area (Å²) in [6.07, 6.45) is 1.66. The van der Waals surface area contributed by atoms with E-state index in [4.69, 9.17) is 0 Å². The molecule has 0 atom stereocenters. The van der Waals surface area contributed by atoms with E-state index in [1.165, 1.54) is 11.8 Å². The maximum absolute atomic E-state index is 11.8. The summed E-state index contributed by atoms with van der Waals surface area (Å²) in [6.45, 7) is 4.66. The fourth-order valence-corrected chi connectivity index (χ4v) is 3.04. The Kier molecular flexibility index (Phi) is 6.13. The highest BCUT2D eigenvalue weighted by atomic mass is 32.2. The molecule has 112 valence electrons. The molecule has 2 rings (SSSR count). The predicted molar refractivity (Wildman–Crippen MR) is 85.5 cm³/mol. The van der Waals surface area contributed by atoms with Crippen molar-refractivity contribution in [1.29, 1.82) is 0 Å². The molecular formula is C14H18N4OS2. The van der Waals surface area contributed by atoms with Gasteiger partial charge in [-0.2, -0.15) is 5.10 Å². The van der Waals surface area contributed by atoms with Crippen molar-refractivity contribution in [3.63, 3.8) is 0 Å². The van der Waals surface area contributed by atoms with Gasteiger partial charge >= 0.3 is 0 Å². The Morgan fingerprint density at radius 3 is 2.76 bits per heavy atom. The van der Waals surface area contributed by atoms with Crippen LogP contribution in [-0.4, -0.2) is 26.8 Å². The highest BCUT2D eigenvalue weighted by Crippen LogP contribution is 2.14. The van der Waals surface area contributed by atoms with Gasteiger partial charge in [-0.3, -0.25) is 4.79 Å². The summed E-state index contributed by atoms with van der Waals surface area (Å²) in [4.78, 5) is 17.4. The third-order valence-corrected chi connectivity index (χ3v) is 4.58. The maximum Gasteiger partial charge on any atom is 0.230 e.